The lowest BCUT2D eigenvalue weighted by Gasteiger charge is -2.02. The minimum atomic E-state index is -0.320. The van der Waals surface area contributed by atoms with E-state index in [9.17, 15) is 4.79 Å². The maximum absolute atomic E-state index is 10.8. The van der Waals surface area contributed by atoms with Gasteiger partial charge in [0.1, 0.15) is 5.75 Å². The van der Waals surface area contributed by atoms with Crippen molar-refractivity contribution in [3.63, 3.8) is 0 Å². The summed E-state index contributed by atoms with van der Waals surface area (Å²) in [5.41, 5.74) is 1.92. The van der Waals surface area contributed by atoms with E-state index in [4.69, 9.17) is 4.74 Å². The van der Waals surface area contributed by atoms with Crippen molar-refractivity contribution in [2.24, 2.45) is 0 Å². The summed E-state index contributed by atoms with van der Waals surface area (Å²) in [4.78, 5) is 10.8. The molecule has 1 N–H and O–H groups in total. The number of aromatic nitrogens is 2. The van der Waals surface area contributed by atoms with Crippen LogP contribution >= 0.6 is 0 Å². The Labute approximate surface area is 86.9 Å². The first kappa shape index (κ1) is 9.45. The molecule has 0 radical (unpaired) electrons. The number of benzene rings is 1. The summed E-state index contributed by atoms with van der Waals surface area (Å²) in [6, 6.07) is 7.30. The Balaban J connectivity index is 2.31. The molecule has 0 fully saturated rings. The van der Waals surface area contributed by atoms with Gasteiger partial charge in [0.05, 0.1) is 6.20 Å². The van der Waals surface area contributed by atoms with Gasteiger partial charge in [-0.3, -0.25) is 9.89 Å². The summed E-state index contributed by atoms with van der Waals surface area (Å²) in [7, 11) is 0. The Morgan fingerprint density at radius 3 is 2.93 bits per heavy atom. The van der Waals surface area contributed by atoms with Crippen LogP contribution in [0.25, 0.3) is 11.1 Å². The average molecular weight is 202 g/mol. The molecule has 1 aromatic heterocycles. The molecule has 4 nitrogen and oxygen atoms in total. The van der Waals surface area contributed by atoms with Crippen molar-refractivity contribution < 1.29 is 9.53 Å². The van der Waals surface area contributed by atoms with E-state index in [1.54, 1.807) is 24.5 Å². The number of nitrogens with zero attached hydrogens (tertiary/aromatic N) is 1. The summed E-state index contributed by atoms with van der Waals surface area (Å²) in [6.07, 6.45) is 3.50. The van der Waals surface area contributed by atoms with E-state index in [2.05, 4.69) is 10.2 Å². The number of carbonyl (C=O) groups excluding carboxylic acids is 1. The predicted octanol–water partition coefficient (Wildman–Crippen LogP) is 2.00. The highest BCUT2D eigenvalue weighted by Crippen LogP contribution is 2.22. The number of nitrogens with one attached hydrogen (secondary N) is 1. The van der Waals surface area contributed by atoms with Crippen LogP contribution in [0, 0.1) is 0 Å². The highest BCUT2D eigenvalue weighted by Gasteiger charge is 2.02. The fraction of sp³-hybridized carbons (Fsp3) is 0.0909. The summed E-state index contributed by atoms with van der Waals surface area (Å²) < 4.78 is 4.98. The molecule has 0 aliphatic carbocycles. The van der Waals surface area contributed by atoms with Gasteiger partial charge >= 0.3 is 5.97 Å². The van der Waals surface area contributed by atoms with Gasteiger partial charge in [-0.25, -0.2) is 0 Å². The second-order valence-corrected chi connectivity index (χ2v) is 3.11. The number of hydrogen-bond acceptors (Lipinski definition) is 3. The molecule has 0 atom stereocenters. The van der Waals surface area contributed by atoms with Gasteiger partial charge in [-0.05, 0) is 17.7 Å². The number of hydrogen-bond donors (Lipinski definition) is 1. The lowest BCUT2D eigenvalue weighted by Crippen LogP contribution is -2.00. The van der Waals surface area contributed by atoms with Gasteiger partial charge in [-0.2, -0.15) is 5.10 Å². The van der Waals surface area contributed by atoms with E-state index in [1.807, 2.05) is 12.1 Å². The van der Waals surface area contributed by atoms with Crippen LogP contribution in [0.3, 0.4) is 0 Å². The third-order valence-corrected chi connectivity index (χ3v) is 1.93. The third kappa shape index (κ3) is 2.22. The maximum Gasteiger partial charge on any atom is 0.308 e. The molecule has 0 amide bonds. The topological polar surface area (TPSA) is 55.0 Å². The van der Waals surface area contributed by atoms with Crippen LogP contribution in [-0.2, 0) is 4.79 Å². The van der Waals surface area contributed by atoms with E-state index in [0.29, 0.717) is 5.75 Å². The lowest BCUT2D eigenvalue weighted by molar-refractivity contribution is -0.131. The molecule has 2 rings (SSSR count). The number of H-pyrrole nitrogens is 1. The van der Waals surface area contributed by atoms with Crippen LogP contribution in [-0.4, -0.2) is 16.2 Å². The van der Waals surface area contributed by atoms with Gasteiger partial charge in [-0.1, -0.05) is 12.1 Å². The first-order valence-electron chi connectivity index (χ1n) is 4.53. The summed E-state index contributed by atoms with van der Waals surface area (Å²) in [6.45, 7) is 1.38. The maximum atomic E-state index is 10.8. The number of carbonyl (C=O) groups is 1. The van der Waals surface area contributed by atoms with Crippen molar-refractivity contribution in [1.82, 2.24) is 10.2 Å². The highest BCUT2D eigenvalue weighted by atomic mass is 16.5. The van der Waals surface area contributed by atoms with Crippen LogP contribution in [0.1, 0.15) is 6.92 Å². The number of ether oxygens (including phenoxy) is 1. The zero-order valence-corrected chi connectivity index (χ0v) is 8.23. The molecule has 0 spiro atoms. The second-order valence-electron chi connectivity index (χ2n) is 3.11. The van der Waals surface area contributed by atoms with E-state index in [1.165, 1.54) is 6.92 Å². The molecule has 4 heteroatoms. The third-order valence-electron chi connectivity index (χ3n) is 1.93. The predicted molar refractivity (Wildman–Crippen MR) is 55.3 cm³/mol. The normalized spacial score (nSPS) is 9.93. The second kappa shape index (κ2) is 3.96. The monoisotopic (exact) mass is 202 g/mol. The van der Waals surface area contributed by atoms with Gasteiger partial charge in [-0.15, -0.1) is 0 Å². The van der Waals surface area contributed by atoms with Gasteiger partial charge < -0.3 is 4.74 Å². The minimum absolute atomic E-state index is 0.320. The summed E-state index contributed by atoms with van der Waals surface area (Å²) >= 11 is 0. The highest BCUT2D eigenvalue weighted by molar-refractivity contribution is 5.71. The van der Waals surface area contributed by atoms with Gasteiger partial charge in [0.15, 0.2) is 0 Å². The van der Waals surface area contributed by atoms with Gasteiger partial charge in [0.25, 0.3) is 0 Å². The fourth-order valence-corrected chi connectivity index (χ4v) is 1.31. The van der Waals surface area contributed by atoms with Gasteiger partial charge in [0, 0.05) is 18.7 Å². The summed E-state index contributed by atoms with van der Waals surface area (Å²) in [5.74, 6) is 0.223. The molecule has 1 aromatic carbocycles. The number of rotatable bonds is 2. The zero-order chi connectivity index (χ0) is 10.7. The van der Waals surface area contributed by atoms with Crippen LogP contribution in [0.2, 0.25) is 0 Å². The SMILES string of the molecule is CC(=O)Oc1cccc(-c2cn[nH]c2)c1. The fourth-order valence-electron chi connectivity index (χ4n) is 1.31. The van der Waals surface area contributed by atoms with E-state index < -0.39 is 0 Å². The molecule has 0 saturated carbocycles. The molecule has 0 saturated heterocycles. The van der Waals surface area contributed by atoms with Gasteiger partial charge in [0.2, 0.25) is 0 Å². The quantitative estimate of drug-likeness (QED) is 0.598. The van der Waals surface area contributed by atoms with Crippen molar-refractivity contribution in [2.45, 2.75) is 6.92 Å². The van der Waals surface area contributed by atoms with Crippen molar-refractivity contribution >= 4 is 5.97 Å². The Bertz CT molecular complexity index is 463. The van der Waals surface area contributed by atoms with Crippen molar-refractivity contribution in [1.29, 1.82) is 0 Å². The van der Waals surface area contributed by atoms with Crippen LogP contribution in [0.4, 0.5) is 0 Å². The van der Waals surface area contributed by atoms with Crippen LogP contribution in [0.15, 0.2) is 36.7 Å². The average Bonchev–Trinajstić information content (AvgIpc) is 2.69. The zero-order valence-electron chi connectivity index (χ0n) is 8.23. The first-order valence-corrected chi connectivity index (χ1v) is 4.53. The molecule has 1 heterocycles. The first-order chi connectivity index (χ1) is 7.25. The smallest absolute Gasteiger partial charge is 0.308 e. The molecule has 0 aliphatic rings. The Kier molecular flexibility index (Phi) is 2.49. The molecule has 0 aliphatic heterocycles. The largest absolute Gasteiger partial charge is 0.427 e. The van der Waals surface area contributed by atoms with Crippen molar-refractivity contribution in [2.75, 3.05) is 0 Å². The molecule has 0 bridgehead atoms. The standard InChI is InChI=1S/C11H10N2O2/c1-8(14)15-11-4-2-3-9(5-11)10-6-12-13-7-10/h2-7H,1H3,(H,12,13). The lowest BCUT2D eigenvalue weighted by atomic mass is 10.1. The Morgan fingerprint density at radius 2 is 2.27 bits per heavy atom. The van der Waals surface area contributed by atoms with E-state index in [0.717, 1.165) is 11.1 Å². The molecule has 76 valence electrons. The van der Waals surface area contributed by atoms with E-state index >= 15 is 0 Å². The molecule has 2 aromatic rings. The van der Waals surface area contributed by atoms with Crippen LogP contribution < -0.4 is 4.74 Å². The minimum Gasteiger partial charge on any atom is -0.427 e. The number of esters is 1. The molecular formula is C11H10N2O2. The summed E-state index contributed by atoms with van der Waals surface area (Å²) in [5, 5.41) is 6.59. The molecule has 0 unspecified atom stereocenters. The molecular weight excluding hydrogens is 192 g/mol. The number of aromatic amines is 1. The Morgan fingerprint density at radius 1 is 1.40 bits per heavy atom. The molecule has 15 heavy (non-hydrogen) atoms. The van der Waals surface area contributed by atoms with Crippen LogP contribution in [0.5, 0.6) is 5.75 Å². The van der Waals surface area contributed by atoms with Crippen molar-refractivity contribution in [3.8, 4) is 16.9 Å². The van der Waals surface area contributed by atoms with Crippen molar-refractivity contribution in [3.05, 3.63) is 36.7 Å². The van der Waals surface area contributed by atoms with E-state index in [-0.39, 0.29) is 5.97 Å². The Hall–Kier alpha value is -2.10.